The number of aliphatic hydroxyl groups is 1. The molecule has 0 saturated heterocycles. The van der Waals surface area contributed by atoms with Gasteiger partial charge in [-0.05, 0) is 24.5 Å². The molecule has 0 aliphatic heterocycles. The molecule has 0 spiro atoms. The van der Waals surface area contributed by atoms with Crippen LogP contribution >= 0.6 is 0 Å². The molecule has 1 aromatic rings. The van der Waals surface area contributed by atoms with Crippen molar-refractivity contribution in [1.29, 1.82) is 0 Å². The molecular weight excluding hydrogens is 181 g/mol. The van der Waals surface area contributed by atoms with Gasteiger partial charge in [-0.25, -0.2) is 0 Å². The van der Waals surface area contributed by atoms with Crippen molar-refractivity contribution in [1.82, 2.24) is 5.23 Å². The minimum atomic E-state index is -0.725. The zero-order valence-electron chi connectivity index (χ0n) is 8.01. The molecular formula is C9H14BNO3. The molecule has 0 saturated carbocycles. The summed E-state index contributed by atoms with van der Waals surface area (Å²) < 4.78 is 0. The van der Waals surface area contributed by atoms with Gasteiger partial charge in [0.25, 0.3) is 0 Å². The van der Waals surface area contributed by atoms with Gasteiger partial charge in [-0.2, -0.15) is 0 Å². The molecule has 0 heterocycles. The fraction of sp³-hybridized carbons (Fsp3) is 0.333. The van der Waals surface area contributed by atoms with Crippen molar-refractivity contribution in [2.45, 2.75) is 12.9 Å². The summed E-state index contributed by atoms with van der Waals surface area (Å²) in [5.74, 6) is 0.124. The van der Waals surface area contributed by atoms with E-state index in [1.54, 1.807) is 19.0 Å². The third-order valence-electron chi connectivity index (χ3n) is 1.86. The molecule has 0 bridgehead atoms. The Morgan fingerprint density at radius 1 is 1.50 bits per heavy atom. The Hall–Kier alpha value is -1.04. The second kappa shape index (κ2) is 5.00. The van der Waals surface area contributed by atoms with Gasteiger partial charge in [0.05, 0.1) is 6.10 Å². The van der Waals surface area contributed by atoms with Gasteiger partial charge < -0.3 is 20.5 Å². The fourth-order valence-corrected chi connectivity index (χ4v) is 1.13. The van der Waals surface area contributed by atoms with Crippen molar-refractivity contribution in [3.8, 4) is 5.75 Å². The summed E-state index contributed by atoms with van der Waals surface area (Å²) >= 11 is 0. The topological polar surface area (TPSA) is 72.7 Å². The molecule has 0 aromatic heterocycles. The number of nitrogens with one attached hydrogen (secondary N) is 1. The van der Waals surface area contributed by atoms with E-state index in [-0.39, 0.29) is 12.3 Å². The number of rotatable bonds is 4. The van der Waals surface area contributed by atoms with E-state index in [4.69, 9.17) is 10.1 Å². The summed E-state index contributed by atoms with van der Waals surface area (Å²) in [5, 5.41) is 30.4. The highest BCUT2D eigenvalue weighted by molar-refractivity contribution is 6.45. The zero-order chi connectivity index (χ0) is 10.6. The van der Waals surface area contributed by atoms with E-state index in [0.717, 1.165) is 0 Å². The van der Waals surface area contributed by atoms with Crippen molar-refractivity contribution >= 4 is 7.05 Å². The van der Waals surface area contributed by atoms with Crippen molar-refractivity contribution in [3.63, 3.8) is 0 Å². The molecule has 1 rings (SSSR count). The van der Waals surface area contributed by atoms with Crippen molar-refractivity contribution in [2.24, 2.45) is 0 Å². The molecule has 0 aliphatic rings. The van der Waals surface area contributed by atoms with Crippen LogP contribution in [0.25, 0.3) is 0 Å². The molecule has 14 heavy (non-hydrogen) atoms. The highest BCUT2D eigenvalue weighted by Crippen LogP contribution is 2.17. The SMILES string of the molecule is CB(O)NCC(O)c1cccc(O)c1. The van der Waals surface area contributed by atoms with E-state index in [9.17, 15) is 5.11 Å². The van der Waals surface area contributed by atoms with E-state index in [0.29, 0.717) is 5.56 Å². The summed E-state index contributed by atoms with van der Waals surface area (Å²) in [5.41, 5.74) is 0.623. The van der Waals surface area contributed by atoms with E-state index >= 15 is 0 Å². The summed E-state index contributed by atoms with van der Waals surface area (Å²) in [7, 11) is -0.651. The predicted octanol–water partition coefficient (Wildman–Crippen LogP) is 0.125. The second-order valence-electron chi connectivity index (χ2n) is 3.20. The Labute approximate surface area is 83.3 Å². The van der Waals surface area contributed by atoms with Crippen LogP contribution in [0.4, 0.5) is 0 Å². The second-order valence-corrected chi connectivity index (χ2v) is 3.20. The molecule has 1 aromatic carbocycles. The zero-order valence-corrected chi connectivity index (χ0v) is 8.01. The number of phenols is 1. The molecule has 0 fully saturated rings. The number of hydrogen-bond acceptors (Lipinski definition) is 4. The molecule has 4 nitrogen and oxygen atoms in total. The van der Waals surface area contributed by atoms with Crippen molar-refractivity contribution in [2.75, 3.05) is 6.54 Å². The first kappa shape index (κ1) is 11.0. The summed E-state index contributed by atoms with van der Waals surface area (Å²) in [6, 6.07) is 6.41. The molecule has 0 amide bonds. The number of benzene rings is 1. The Balaban J connectivity index is 2.56. The number of aliphatic hydroxyl groups excluding tert-OH is 1. The van der Waals surface area contributed by atoms with Gasteiger partial charge in [-0.15, -0.1) is 0 Å². The lowest BCUT2D eigenvalue weighted by Gasteiger charge is -2.12. The maximum atomic E-state index is 9.61. The van der Waals surface area contributed by atoms with Crippen LogP contribution in [-0.4, -0.2) is 28.8 Å². The number of hydrogen-bond donors (Lipinski definition) is 4. The van der Waals surface area contributed by atoms with Crippen LogP contribution < -0.4 is 5.23 Å². The lowest BCUT2D eigenvalue weighted by molar-refractivity contribution is 0.180. The summed E-state index contributed by atoms with van der Waals surface area (Å²) in [6.45, 7) is 1.83. The van der Waals surface area contributed by atoms with Crippen LogP contribution in [0.3, 0.4) is 0 Å². The third-order valence-corrected chi connectivity index (χ3v) is 1.86. The maximum Gasteiger partial charge on any atom is 0.373 e. The Morgan fingerprint density at radius 3 is 2.79 bits per heavy atom. The van der Waals surface area contributed by atoms with Crippen LogP contribution in [0.2, 0.25) is 6.82 Å². The van der Waals surface area contributed by atoms with E-state index < -0.39 is 13.2 Å². The monoisotopic (exact) mass is 195 g/mol. The average Bonchev–Trinajstić information content (AvgIpc) is 2.14. The van der Waals surface area contributed by atoms with E-state index in [2.05, 4.69) is 5.23 Å². The largest absolute Gasteiger partial charge is 0.508 e. The van der Waals surface area contributed by atoms with Gasteiger partial charge in [-0.1, -0.05) is 12.1 Å². The highest BCUT2D eigenvalue weighted by atomic mass is 16.3. The van der Waals surface area contributed by atoms with Crippen LogP contribution in [0.15, 0.2) is 24.3 Å². The molecule has 76 valence electrons. The Kier molecular flexibility index (Phi) is 3.94. The maximum absolute atomic E-state index is 9.61. The first-order valence-corrected chi connectivity index (χ1v) is 4.48. The minimum absolute atomic E-state index is 0.124. The Morgan fingerprint density at radius 2 is 2.21 bits per heavy atom. The lowest BCUT2D eigenvalue weighted by atomic mass is 9.88. The van der Waals surface area contributed by atoms with Gasteiger partial charge in [0.2, 0.25) is 0 Å². The first-order valence-electron chi connectivity index (χ1n) is 4.48. The van der Waals surface area contributed by atoms with Crippen LogP contribution in [-0.2, 0) is 0 Å². The van der Waals surface area contributed by atoms with Gasteiger partial charge in [-0.3, -0.25) is 0 Å². The van der Waals surface area contributed by atoms with Crippen molar-refractivity contribution < 1.29 is 15.2 Å². The van der Waals surface area contributed by atoms with E-state index in [1.165, 1.54) is 12.1 Å². The quantitative estimate of drug-likeness (QED) is 0.515. The standard InChI is InChI=1S/C9H14BNO3/c1-10(14)11-6-9(13)7-3-2-4-8(12)5-7/h2-5,9,11-14H,6H2,1H3. The van der Waals surface area contributed by atoms with Gasteiger partial charge in [0.1, 0.15) is 5.75 Å². The number of phenolic OH excluding ortho intramolecular Hbond substituents is 1. The Bertz CT molecular complexity index is 293. The molecule has 0 aliphatic carbocycles. The molecule has 1 atom stereocenters. The fourth-order valence-electron chi connectivity index (χ4n) is 1.13. The van der Waals surface area contributed by atoms with Crippen LogP contribution in [0.5, 0.6) is 5.75 Å². The van der Waals surface area contributed by atoms with Crippen LogP contribution in [0.1, 0.15) is 11.7 Å². The van der Waals surface area contributed by atoms with Crippen molar-refractivity contribution in [3.05, 3.63) is 29.8 Å². The highest BCUT2D eigenvalue weighted by Gasteiger charge is 2.10. The van der Waals surface area contributed by atoms with Gasteiger partial charge in [0, 0.05) is 6.54 Å². The van der Waals surface area contributed by atoms with Crippen LogP contribution in [0, 0.1) is 0 Å². The summed E-state index contributed by atoms with van der Waals surface area (Å²) in [4.78, 5) is 0. The van der Waals surface area contributed by atoms with Gasteiger partial charge in [0.15, 0.2) is 0 Å². The summed E-state index contributed by atoms with van der Waals surface area (Å²) in [6.07, 6.45) is -0.725. The average molecular weight is 195 g/mol. The molecule has 0 radical (unpaired) electrons. The molecule has 4 N–H and O–H groups in total. The minimum Gasteiger partial charge on any atom is -0.508 e. The normalized spacial score (nSPS) is 12.5. The molecule has 5 heteroatoms. The third kappa shape index (κ3) is 3.37. The molecule has 1 unspecified atom stereocenters. The predicted molar refractivity (Wildman–Crippen MR) is 54.9 cm³/mol. The lowest BCUT2D eigenvalue weighted by Crippen LogP contribution is -2.34. The number of aromatic hydroxyl groups is 1. The smallest absolute Gasteiger partial charge is 0.373 e. The first-order chi connectivity index (χ1) is 6.59. The van der Waals surface area contributed by atoms with Gasteiger partial charge >= 0.3 is 7.05 Å². The van der Waals surface area contributed by atoms with E-state index in [1.807, 2.05) is 0 Å².